The minimum atomic E-state index is -0.254. The van der Waals surface area contributed by atoms with Gasteiger partial charge in [-0.15, -0.1) is 0 Å². The number of amides is 1. The molecule has 0 saturated heterocycles. The van der Waals surface area contributed by atoms with E-state index in [1.54, 1.807) is 23.9 Å². The zero-order valence-electron chi connectivity index (χ0n) is 12.3. The van der Waals surface area contributed by atoms with Crippen molar-refractivity contribution in [2.24, 2.45) is 5.92 Å². The third-order valence-electron chi connectivity index (χ3n) is 2.63. The summed E-state index contributed by atoms with van der Waals surface area (Å²) in [5.74, 6) is 0.976. The first kappa shape index (κ1) is 16.6. The van der Waals surface area contributed by atoms with Crippen LogP contribution in [0.2, 0.25) is 0 Å². The molecule has 0 aromatic carbocycles. The Morgan fingerprint density at radius 2 is 2.15 bits per heavy atom. The van der Waals surface area contributed by atoms with Crippen LogP contribution in [0.25, 0.3) is 0 Å². The molecule has 20 heavy (non-hydrogen) atoms. The van der Waals surface area contributed by atoms with Gasteiger partial charge >= 0.3 is 5.97 Å². The fourth-order valence-electron chi connectivity index (χ4n) is 1.60. The molecular formula is C13H21N3O3S. The van der Waals surface area contributed by atoms with Crippen LogP contribution < -0.4 is 5.32 Å². The van der Waals surface area contributed by atoms with E-state index in [1.165, 1.54) is 18.9 Å². The molecule has 112 valence electrons. The zero-order chi connectivity index (χ0) is 15.1. The summed E-state index contributed by atoms with van der Waals surface area (Å²) in [7, 11) is 1.36. The molecule has 0 bridgehead atoms. The molecule has 0 fully saturated rings. The molecule has 0 aliphatic heterocycles. The van der Waals surface area contributed by atoms with Gasteiger partial charge in [-0.2, -0.15) is 16.9 Å². The van der Waals surface area contributed by atoms with Crippen LogP contribution >= 0.6 is 11.8 Å². The number of carbonyl (C=O) groups is 2. The van der Waals surface area contributed by atoms with E-state index in [-0.39, 0.29) is 23.8 Å². The Kier molecular flexibility index (Phi) is 6.57. The highest BCUT2D eigenvalue weighted by Crippen LogP contribution is 2.14. The van der Waals surface area contributed by atoms with E-state index < -0.39 is 0 Å². The highest BCUT2D eigenvalue weighted by atomic mass is 32.2. The van der Waals surface area contributed by atoms with Crippen LogP contribution in [0.5, 0.6) is 0 Å². The van der Waals surface area contributed by atoms with Gasteiger partial charge in [0.2, 0.25) is 5.91 Å². The molecule has 1 aromatic heterocycles. The minimum Gasteiger partial charge on any atom is -0.469 e. The van der Waals surface area contributed by atoms with Gasteiger partial charge in [0.05, 0.1) is 25.0 Å². The molecule has 7 heteroatoms. The lowest BCUT2D eigenvalue weighted by molar-refractivity contribution is -0.144. The smallest absolute Gasteiger partial charge is 0.309 e. The maximum atomic E-state index is 11.8. The predicted molar refractivity (Wildman–Crippen MR) is 79.7 cm³/mol. The molecule has 1 N–H and O–H groups in total. The maximum Gasteiger partial charge on any atom is 0.309 e. The Balaban J connectivity index is 2.37. The molecule has 1 unspecified atom stereocenters. The number of methoxy groups -OCH3 is 1. The van der Waals surface area contributed by atoms with Crippen molar-refractivity contribution in [2.45, 2.75) is 26.8 Å². The second kappa shape index (κ2) is 7.94. The van der Waals surface area contributed by atoms with Gasteiger partial charge in [0, 0.05) is 17.9 Å². The molecule has 0 radical (unpaired) electrons. The number of carbonyl (C=O) groups excluding carboxylic acids is 2. The number of hydrogen-bond acceptors (Lipinski definition) is 5. The third-order valence-corrected chi connectivity index (χ3v) is 3.83. The molecule has 1 amide bonds. The lowest BCUT2D eigenvalue weighted by Crippen LogP contribution is -2.20. The normalized spacial score (nSPS) is 12.2. The number of anilines is 1. The van der Waals surface area contributed by atoms with Crippen LogP contribution in [0.3, 0.4) is 0 Å². The lowest BCUT2D eigenvalue weighted by Gasteiger charge is -2.12. The Bertz CT molecular complexity index is 459. The lowest BCUT2D eigenvalue weighted by atomic mass is 10.2. The average molecular weight is 299 g/mol. The standard InChI is InChI=1S/C13H21N3O3S/c1-9(2)16-11(5-6-14-16)15-12(17)8-20-7-10(3)13(18)19-4/h5-6,9-10H,7-8H2,1-4H3,(H,15,17). The van der Waals surface area contributed by atoms with Crippen LogP contribution in [0.15, 0.2) is 12.3 Å². The number of rotatable bonds is 7. The van der Waals surface area contributed by atoms with E-state index in [1.807, 2.05) is 13.8 Å². The minimum absolute atomic E-state index is 0.102. The topological polar surface area (TPSA) is 73.2 Å². The van der Waals surface area contributed by atoms with Crippen molar-refractivity contribution in [3.63, 3.8) is 0 Å². The van der Waals surface area contributed by atoms with Gasteiger partial charge in [-0.25, -0.2) is 4.68 Å². The SMILES string of the molecule is COC(=O)C(C)CSCC(=O)Nc1ccnn1C(C)C. The van der Waals surface area contributed by atoms with E-state index in [0.29, 0.717) is 17.3 Å². The maximum absolute atomic E-state index is 11.8. The van der Waals surface area contributed by atoms with Gasteiger partial charge in [0.15, 0.2) is 0 Å². The third kappa shape index (κ3) is 4.88. The Morgan fingerprint density at radius 3 is 2.75 bits per heavy atom. The van der Waals surface area contributed by atoms with Gasteiger partial charge < -0.3 is 10.1 Å². The van der Waals surface area contributed by atoms with Crippen LogP contribution in [0.1, 0.15) is 26.8 Å². The van der Waals surface area contributed by atoms with Crippen molar-refractivity contribution in [1.82, 2.24) is 9.78 Å². The zero-order valence-corrected chi connectivity index (χ0v) is 13.1. The van der Waals surface area contributed by atoms with Crippen LogP contribution in [-0.2, 0) is 14.3 Å². The molecule has 1 atom stereocenters. The van der Waals surface area contributed by atoms with Crippen LogP contribution in [0.4, 0.5) is 5.82 Å². The summed E-state index contributed by atoms with van der Waals surface area (Å²) in [5, 5.41) is 6.96. The number of nitrogens with one attached hydrogen (secondary N) is 1. The van der Waals surface area contributed by atoms with E-state index in [9.17, 15) is 9.59 Å². The monoisotopic (exact) mass is 299 g/mol. The number of nitrogens with zero attached hydrogens (tertiary/aromatic N) is 2. The number of ether oxygens (including phenoxy) is 1. The van der Waals surface area contributed by atoms with Gasteiger partial charge in [-0.05, 0) is 13.8 Å². The van der Waals surface area contributed by atoms with Crippen molar-refractivity contribution in [3.05, 3.63) is 12.3 Å². The van der Waals surface area contributed by atoms with E-state index >= 15 is 0 Å². The number of aromatic nitrogens is 2. The van der Waals surface area contributed by atoms with Gasteiger partial charge in [0.25, 0.3) is 0 Å². The Hall–Kier alpha value is -1.50. The summed E-state index contributed by atoms with van der Waals surface area (Å²) >= 11 is 1.41. The Labute approximate surface area is 123 Å². The Morgan fingerprint density at radius 1 is 1.45 bits per heavy atom. The van der Waals surface area contributed by atoms with Crippen molar-refractivity contribution < 1.29 is 14.3 Å². The van der Waals surface area contributed by atoms with E-state index in [4.69, 9.17) is 0 Å². The highest BCUT2D eigenvalue weighted by Gasteiger charge is 2.14. The van der Waals surface area contributed by atoms with E-state index in [2.05, 4.69) is 15.2 Å². The van der Waals surface area contributed by atoms with Gasteiger partial charge in [0.1, 0.15) is 5.82 Å². The molecule has 6 nitrogen and oxygen atoms in total. The number of esters is 1. The van der Waals surface area contributed by atoms with E-state index in [0.717, 1.165) is 0 Å². The molecular weight excluding hydrogens is 278 g/mol. The summed E-state index contributed by atoms with van der Waals surface area (Å²) < 4.78 is 6.38. The molecule has 1 heterocycles. The number of thioether (sulfide) groups is 1. The van der Waals surface area contributed by atoms with Crippen molar-refractivity contribution in [1.29, 1.82) is 0 Å². The first-order valence-corrected chi connectivity index (χ1v) is 7.60. The molecule has 0 spiro atoms. The number of hydrogen-bond donors (Lipinski definition) is 1. The fraction of sp³-hybridized carbons (Fsp3) is 0.615. The fourth-order valence-corrected chi connectivity index (χ4v) is 2.47. The van der Waals surface area contributed by atoms with Crippen molar-refractivity contribution in [2.75, 3.05) is 23.9 Å². The largest absolute Gasteiger partial charge is 0.469 e. The van der Waals surface area contributed by atoms with Gasteiger partial charge in [-0.3, -0.25) is 9.59 Å². The first-order chi connectivity index (χ1) is 9.45. The molecule has 1 rings (SSSR count). The molecule has 1 aromatic rings. The summed E-state index contributed by atoms with van der Waals surface area (Å²) in [4.78, 5) is 23.0. The van der Waals surface area contributed by atoms with Crippen molar-refractivity contribution >= 4 is 29.5 Å². The predicted octanol–water partition coefficient (Wildman–Crippen LogP) is 1.94. The van der Waals surface area contributed by atoms with Crippen LogP contribution in [-0.4, -0.2) is 40.3 Å². The second-order valence-corrected chi connectivity index (χ2v) is 5.77. The molecule has 0 aliphatic carbocycles. The molecule has 0 saturated carbocycles. The van der Waals surface area contributed by atoms with Gasteiger partial charge in [-0.1, -0.05) is 6.92 Å². The van der Waals surface area contributed by atoms with Crippen molar-refractivity contribution in [3.8, 4) is 0 Å². The quantitative estimate of drug-likeness (QED) is 0.779. The summed E-state index contributed by atoms with van der Waals surface area (Å²) in [5.41, 5.74) is 0. The summed E-state index contributed by atoms with van der Waals surface area (Å²) in [6.45, 7) is 5.77. The molecule has 0 aliphatic rings. The average Bonchev–Trinajstić information content (AvgIpc) is 2.85. The summed E-state index contributed by atoms with van der Waals surface area (Å²) in [6, 6.07) is 1.95. The highest BCUT2D eigenvalue weighted by molar-refractivity contribution is 8.00. The second-order valence-electron chi connectivity index (χ2n) is 4.74. The summed E-state index contributed by atoms with van der Waals surface area (Å²) in [6.07, 6.45) is 1.65. The van der Waals surface area contributed by atoms with Crippen LogP contribution in [0, 0.1) is 5.92 Å². The first-order valence-electron chi connectivity index (χ1n) is 6.44.